The highest BCUT2D eigenvalue weighted by Gasteiger charge is 2.16. The maximum Gasteiger partial charge on any atom is 0.139 e. The van der Waals surface area contributed by atoms with Crippen molar-refractivity contribution in [3.63, 3.8) is 0 Å². The molecule has 1 aromatic rings. The number of nitrogens with zero attached hydrogens (tertiary/aromatic N) is 1. The second kappa shape index (κ2) is 4.28. The minimum Gasteiger partial charge on any atom is -0.490 e. The van der Waals surface area contributed by atoms with E-state index in [1.54, 1.807) is 12.4 Å². The summed E-state index contributed by atoms with van der Waals surface area (Å²) in [6.07, 6.45) is 4.72. The average molecular weight is 193 g/mol. The number of hydrogen-bond acceptors (Lipinski definition) is 4. The average Bonchev–Trinajstić information content (AvgIpc) is 2.16. The number of anilines is 1. The zero-order valence-electron chi connectivity index (χ0n) is 8.29. The topological polar surface area (TPSA) is 46.2 Å². The molecular weight excluding hydrogens is 178 g/mol. The SMILES string of the molecule is CNc1cncc(OC[C@H]2CCN2)c1. The Bertz CT molecular complexity index is 299. The molecule has 4 heteroatoms. The maximum absolute atomic E-state index is 5.59. The quantitative estimate of drug-likeness (QED) is 0.744. The van der Waals surface area contributed by atoms with Crippen LogP contribution in [0.1, 0.15) is 6.42 Å². The van der Waals surface area contributed by atoms with E-state index in [1.165, 1.54) is 6.42 Å². The van der Waals surface area contributed by atoms with Gasteiger partial charge in [-0.1, -0.05) is 0 Å². The Morgan fingerprint density at radius 2 is 2.50 bits per heavy atom. The largest absolute Gasteiger partial charge is 0.490 e. The standard InChI is InChI=1S/C10H15N3O/c1-11-9-4-10(6-12-5-9)14-7-8-2-3-13-8/h4-6,8,11,13H,2-3,7H2,1H3/t8-/m1/s1. The fourth-order valence-corrected chi connectivity index (χ4v) is 1.32. The third-order valence-electron chi connectivity index (χ3n) is 2.38. The van der Waals surface area contributed by atoms with Crippen LogP contribution >= 0.6 is 0 Å². The van der Waals surface area contributed by atoms with Crippen LogP contribution in [0.2, 0.25) is 0 Å². The van der Waals surface area contributed by atoms with Crippen LogP contribution in [0.25, 0.3) is 0 Å². The summed E-state index contributed by atoms with van der Waals surface area (Å²) in [5.41, 5.74) is 0.976. The van der Waals surface area contributed by atoms with E-state index in [1.807, 2.05) is 13.1 Å². The Balaban J connectivity index is 1.87. The van der Waals surface area contributed by atoms with Gasteiger partial charge in [-0.05, 0) is 13.0 Å². The van der Waals surface area contributed by atoms with E-state index in [9.17, 15) is 0 Å². The van der Waals surface area contributed by atoms with Gasteiger partial charge in [0.2, 0.25) is 0 Å². The summed E-state index contributed by atoms with van der Waals surface area (Å²) in [5.74, 6) is 0.825. The van der Waals surface area contributed by atoms with E-state index in [-0.39, 0.29) is 0 Å². The Labute approximate surface area is 83.7 Å². The van der Waals surface area contributed by atoms with Gasteiger partial charge in [0.05, 0.1) is 18.1 Å². The molecule has 76 valence electrons. The molecule has 14 heavy (non-hydrogen) atoms. The molecule has 1 atom stereocenters. The van der Waals surface area contributed by atoms with Gasteiger partial charge in [-0.15, -0.1) is 0 Å². The van der Waals surface area contributed by atoms with Crippen molar-refractivity contribution in [2.75, 3.05) is 25.5 Å². The van der Waals surface area contributed by atoms with E-state index in [0.29, 0.717) is 6.04 Å². The number of aromatic nitrogens is 1. The highest BCUT2D eigenvalue weighted by Crippen LogP contribution is 2.15. The van der Waals surface area contributed by atoms with Gasteiger partial charge in [0.15, 0.2) is 0 Å². The van der Waals surface area contributed by atoms with Gasteiger partial charge in [0.1, 0.15) is 12.4 Å². The second-order valence-electron chi connectivity index (χ2n) is 3.41. The molecule has 1 aromatic heterocycles. The first kappa shape index (κ1) is 9.27. The summed E-state index contributed by atoms with van der Waals surface area (Å²) in [6.45, 7) is 1.84. The van der Waals surface area contributed by atoms with Crippen LogP contribution in [0.15, 0.2) is 18.5 Å². The Kier molecular flexibility index (Phi) is 2.84. The molecule has 0 aliphatic carbocycles. The van der Waals surface area contributed by atoms with Crippen molar-refractivity contribution in [1.82, 2.24) is 10.3 Å². The van der Waals surface area contributed by atoms with E-state index in [0.717, 1.165) is 24.6 Å². The first-order chi connectivity index (χ1) is 6.88. The van der Waals surface area contributed by atoms with Crippen LogP contribution in [-0.2, 0) is 0 Å². The lowest BCUT2D eigenvalue weighted by atomic mass is 10.1. The van der Waals surface area contributed by atoms with Crippen molar-refractivity contribution in [3.05, 3.63) is 18.5 Å². The predicted molar refractivity (Wildman–Crippen MR) is 55.7 cm³/mol. The highest BCUT2D eigenvalue weighted by atomic mass is 16.5. The summed E-state index contributed by atoms with van der Waals surface area (Å²) in [6, 6.07) is 2.47. The number of pyridine rings is 1. The Morgan fingerprint density at radius 3 is 3.14 bits per heavy atom. The molecule has 1 aliphatic heterocycles. The van der Waals surface area contributed by atoms with Crippen molar-refractivity contribution < 1.29 is 4.74 Å². The monoisotopic (exact) mass is 193 g/mol. The fourth-order valence-electron chi connectivity index (χ4n) is 1.32. The predicted octanol–water partition coefficient (Wildman–Crippen LogP) is 0.864. The zero-order chi connectivity index (χ0) is 9.80. The molecule has 2 N–H and O–H groups in total. The summed E-state index contributed by atoms with van der Waals surface area (Å²) in [5, 5.41) is 6.31. The minimum atomic E-state index is 0.522. The number of rotatable bonds is 4. The number of hydrogen-bond donors (Lipinski definition) is 2. The second-order valence-corrected chi connectivity index (χ2v) is 3.41. The number of ether oxygens (including phenoxy) is 1. The molecule has 1 aliphatic rings. The van der Waals surface area contributed by atoms with Crippen molar-refractivity contribution in [2.24, 2.45) is 0 Å². The molecule has 0 unspecified atom stereocenters. The highest BCUT2D eigenvalue weighted by molar-refractivity contribution is 5.44. The molecule has 0 saturated carbocycles. The normalized spacial score (nSPS) is 19.9. The van der Waals surface area contributed by atoms with Crippen molar-refractivity contribution in [2.45, 2.75) is 12.5 Å². The molecule has 1 fully saturated rings. The summed E-state index contributed by atoms with van der Waals surface area (Å²) in [4.78, 5) is 4.07. The number of nitrogens with one attached hydrogen (secondary N) is 2. The van der Waals surface area contributed by atoms with Crippen LogP contribution in [0.3, 0.4) is 0 Å². The van der Waals surface area contributed by atoms with Crippen LogP contribution in [0.5, 0.6) is 5.75 Å². The maximum atomic E-state index is 5.59. The van der Waals surface area contributed by atoms with Gasteiger partial charge < -0.3 is 15.4 Å². The Morgan fingerprint density at radius 1 is 1.64 bits per heavy atom. The van der Waals surface area contributed by atoms with Gasteiger partial charge >= 0.3 is 0 Å². The van der Waals surface area contributed by atoms with Crippen LogP contribution in [0.4, 0.5) is 5.69 Å². The van der Waals surface area contributed by atoms with Gasteiger partial charge in [-0.3, -0.25) is 4.98 Å². The van der Waals surface area contributed by atoms with E-state index < -0.39 is 0 Å². The summed E-state index contributed by atoms with van der Waals surface area (Å²) < 4.78 is 5.59. The van der Waals surface area contributed by atoms with Gasteiger partial charge in [-0.2, -0.15) is 0 Å². The lowest BCUT2D eigenvalue weighted by Gasteiger charge is -2.27. The molecular formula is C10H15N3O. The lowest BCUT2D eigenvalue weighted by Crippen LogP contribution is -2.46. The molecule has 0 bridgehead atoms. The van der Waals surface area contributed by atoms with E-state index in [2.05, 4.69) is 15.6 Å². The lowest BCUT2D eigenvalue weighted by molar-refractivity contribution is 0.217. The smallest absolute Gasteiger partial charge is 0.139 e. The van der Waals surface area contributed by atoms with E-state index >= 15 is 0 Å². The van der Waals surface area contributed by atoms with Gasteiger partial charge in [-0.25, -0.2) is 0 Å². The molecule has 2 heterocycles. The molecule has 4 nitrogen and oxygen atoms in total. The Hall–Kier alpha value is -1.29. The summed E-state index contributed by atoms with van der Waals surface area (Å²) in [7, 11) is 1.87. The molecule has 2 rings (SSSR count). The first-order valence-corrected chi connectivity index (χ1v) is 4.87. The third-order valence-corrected chi connectivity index (χ3v) is 2.38. The van der Waals surface area contributed by atoms with Crippen molar-refractivity contribution >= 4 is 5.69 Å². The fraction of sp³-hybridized carbons (Fsp3) is 0.500. The van der Waals surface area contributed by atoms with Gasteiger partial charge in [0.25, 0.3) is 0 Å². The van der Waals surface area contributed by atoms with Crippen molar-refractivity contribution in [1.29, 1.82) is 0 Å². The van der Waals surface area contributed by atoms with E-state index in [4.69, 9.17) is 4.74 Å². The minimum absolute atomic E-state index is 0.522. The summed E-state index contributed by atoms with van der Waals surface area (Å²) >= 11 is 0. The van der Waals surface area contributed by atoms with Crippen LogP contribution in [-0.4, -0.2) is 31.2 Å². The molecule has 0 aromatic carbocycles. The van der Waals surface area contributed by atoms with Crippen LogP contribution in [0, 0.1) is 0 Å². The van der Waals surface area contributed by atoms with Crippen LogP contribution < -0.4 is 15.4 Å². The molecule has 0 radical (unpaired) electrons. The van der Waals surface area contributed by atoms with Crippen molar-refractivity contribution in [3.8, 4) is 5.75 Å². The van der Waals surface area contributed by atoms with Gasteiger partial charge in [0, 0.05) is 19.2 Å². The zero-order valence-corrected chi connectivity index (χ0v) is 8.29. The third kappa shape index (κ3) is 2.14. The molecule has 1 saturated heterocycles. The first-order valence-electron chi connectivity index (χ1n) is 4.87. The molecule has 0 spiro atoms. The molecule has 0 amide bonds.